The van der Waals surface area contributed by atoms with Gasteiger partial charge >= 0.3 is 0 Å². The summed E-state index contributed by atoms with van der Waals surface area (Å²) in [6, 6.07) is 13.7. The molecule has 0 amide bonds. The van der Waals surface area contributed by atoms with Crippen LogP contribution in [-0.4, -0.2) is 49.8 Å². The molecule has 2 aromatic carbocycles. The monoisotopic (exact) mass is 526 g/mol. The molecule has 5 heterocycles. The van der Waals surface area contributed by atoms with Crippen molar-refractivity contribution in [3.8, 4) is 0 Å². The van der Waals surface area contributed by atoms with Gasteiger partial charge in [0.05, 0.1) is 30.8 Å². The van der Waals surface area contributed by atoms with Gasteiger partial charge in [0.15, 0.2) is 12.3 Å². The number of nitrogens with zero attached hydrogens (tertiary/aromatic N) is 2. The lowest BCUT2D eigenvalue weighted by Gasteiger charge is -2.42. The smallest absolute Gasteiger partial charge is 0.209 e. The Hall–Kier alpha value is -2.73. The van der Waals surface area contributed by atoms with E-state index in [0.717, 1.165) is 25.9 Å². The molecule has 2 unspecified atom stereocenters. The van der Waals surface area contributed by atoms with Crippen LogP contribution >= 0.6 is 0 Å². The van der Waals surface area contributed by atoms with Crippen LogP contribution in [0.15, 0.2) is 59.3 Å². The van der Waals surface area contributed by atoms with Gasteiger partial charge in [-0.2, -0.15) is 4.58 Å². The Morgan fingerprint density at radius 1 is 0.897 bits per heavy atom. The number of benzene rings is 2. The summed E-state index contributed by atoms with van der Waals surface area (Å²) in [4.78, 5) is 2.56. The Labute approximate surface area is 233 Å². The van der Waals surface area contributed by atoms with Crippen LogP contribution in [-0.2, 0) is 38.3 Å². The molecule has 0 aliphatic carbocycles. The third kappa shape index (κ3) is 3.66. The first-order valence-corrected chi connectivity index (χ1v) is 14.0. The van der Waals surface area contributed by atoms with E-state index >= 15 is 0 Å². The van der Waals surface area contributed by atoms with Crippen molar-refractivity contribution in [2.45, 2.75) is 76.8 Å². The molecule has 0 saturated heterocycles. The maximum Gasteiger partial charge on any atom is 0.209 e. The first-order valence-electron chi connectivity index (χ1n) is 14.0. The molecule has 5 nitrogen and oxygen atoms in total. The maximum absolute atomic E-state index is 6.98. The van der Waals surface area contributed by atoms with Crippen molar-refractivity contribution in [3.05, 3.63) is 89.0 Å². The largest absolute Gasteiger partial charge is 0.380 e. The van der Waals surface area contributed by atoms with Crippen molar-refractivity contribution in [2.75, 3.05) is 32.2 Å². The van der Waals surface area contributed by atoms with Gasteiger partial charge in [0.1, 0.15) is 0 Å². The molecule has 2 aromatic rings. The van der Waals surface area contributed by atoms with Gasteiger partial charge in [-0.25, -0.2) is 0 Å². The van der Waals surface area contributed by atoms with Crippen molar-refractivity contribution in [3.63, 3.8) is 0 Å². The van der Waals surface area contributed by atoms with E-state index in [1.807, 2.05) is 0 Å². The molecule has 0 bridgehead atoms. The van der Waals surface area contributed by atoms with Crippen LogP contribution in [0.2, 0.25) is 0 Å². The summed E-state index contributed by atoms with van der Waals surface area (Å²) >= 11 is 0. The second kappa shape index (κ2) is 9.15. The molecule has 0 saturated carbocycles. The minimum absolute atomic E-state index is 0. The van der Waals surface area contributed by atoms with E-state index in [-0.39, 0.29) is 30.5 Å². The molecule has 39 heavy (non-hydrogen) atoms. The fraction of sp³-hybridized carbons (Fsp3) is 0.471. The summed E-state index contributed by atoms with van der Waals surface area (Å²) in [5.74, 6) is 0. The average molecular weight is 527 g/mol. The highest BCUT2D eigenvalue weighted by Gasteiger charge is 2.54. The Morgan fingerprint density at radius 3 is 2.31 bits per heavy atom. The van der Waals surface area contributed by atoms with E-state index in [1.165, 1.54) is 56.2 Å². The van der Waals surface area contributed by atoms with Crippen LogP contribution in [0.25, 0.3) is 0 Å². The zero-order valence-electron chi connectivity index (χ0n) is 24.6. The predicted octanol–water partition coefficient (Wildman–Crippen LogP) is 6.36. The number of anilines is 1. The highest BCUT2D eigenvalue weighted by molar-refractivity contribution is 6.08. The Bertz CT molecular complexity index is 1440. The molecule has 7 rings (SSSR count). The number of ether oxygens (including phenoxy) is 3. The molecular weight excluding hydrogens is 484 g/mol. The van der Waals surface area contributed by atoms with Gasteiger partial charge in [0.25, 0.3) is 0 Å². The summed E-state index contributed by atoms with van der Waals surface area (Å²) in [7, 11) is 3.54. The summed E-state index contributed by atoms with van der Waals surface area (Å²) in [5.41, 5.74) is 13.3. The lowest BCUT2D eigenvalue weighted by molar-refractivity contribution is -0.445. The second-order valence-corrected chi connectivity index (χ2v) is 12.6. The first-order chi connectivity index (χ1) is 18.3. The van der Waals surface area contributed by atoms with Crippen LogP contribution in [0.4, 0.5) is 11.4 Å². The Kier molecular flexibility index (Phi) is 6.22. The fourth-order valence-corrected chi connectivity index (χ4v) is 7.90. The Morgan fingerprint density at radius 2 is 1.59 bits per heavy atom. The van der Waals surface area contributed by atoms with Crippen molar-refractivity contribution in [2.24, 2.45) is 0 Å². The normalized spacial score (nSPS) is 25.2. The zero-order valence-corrected chi connectivity index (χ0v) is 24.6. The summed E-state index contributed by atoms with van der Waals surface area (Å²) in [6.07, 6.45) is 4.91. The van der Waals surface area contributed by atoms with Crippen LogP contribution < -0.4 is 4.90 Å². The van der Waals surface area contributed by atoms with E-state index in [9.17, 15) is 0 Å². The molecule has 5 aliphatic rings. The highest BCUT2D eigenvalue weighted by atomic mass is 16.5. The van der Waals surface area contributed by atoms with Gasteiger partial charge in [-0.15, -0.1) is 0 Å². The Balaban J connectivity index is 0.00000277. The third-order valence-corrected chi connectivity index (χ3v) is 9.51. The topological polar surface area (TPSA) is 33.9 Å². The van der Waals surface area contributed by atoms with Gasteiger partial charge in [-0.3, -0.25) is 0 Å². The average Bonchev–Trinajstić information content (AvgIpc) is 3.27. The van der Waals surface area contributed by atoms with Crippen molar-refractivity contribution in [1.82, 2.24) is 0 Å². The van der Waals surface area contributed by atoms with E-state index in [1.54, 1.807) is 14.2 Å². The molecule has 0 aromatic heterocycles. The number of allylic oxidation sites excluding steroid dienone is 1. The van der Waals surface area contributed by atoms with E-state index in [2.05, 4.69) is 79.6 Å². The predicted molar refractivity (Wildman–Crippen MR) is 157 cm³/mol. The number of rotatable bonds is 4. The van der Waals surface area contributed by atoms with Crippen LogP contribution in [0.5, 0.6) is 0 Å². The lowest BCUT2D eigenvalue weighted by atomic mass is 9.73. The van der Waals surface area contributed by atoms with Crippen LogP contribution in [0, 0.1) is 7.43 Å². The molecule has 0 N–H and O–H groups in total. The van der Waals surface area contributed by atoms with Gasteiger partial charge in [-0.1, -0.05) is 32.0 Å². The SMILES string of the molecule is COCc1ccc2c(c1)C(C)(C)C1=C3C=C4C5=[N+](CCC4OC3CCN12)c1ccc(COC)cc1C5(C)C.[CH3-]. The fourth-order valence-electron chi connectivity index (χ4n) is 7.90. The number of hydrogen-bond acceptors (Lipinski definition) is 4. The molecule has 5 aliphatic heterocycles. The van der Waals surface area contributed by atoms with Gasteiger partial charge in [0.2, 0.25) is 5.69 Å². The van der Waals surface area contributed by atoms with Crippen molar-refractivity contribution < 1.29 is 18.8 Å². The van der Waals surface area contributed by atoms with Crippen LogP contribution in [0.3, 0.4) is 0 Å². The van der Waals surface area contributed by atoms with Gasteiger partial charge in [0, 0.05) is 66.8 Å². The second-order valence-electron chi connectivity index (χ2n) is 12.6. The van der Waals surface area contributed by atoms with E-state index < -0.39 is 0 Å². The third-order valence-electron chi connectivity index (χ3n) is 9.51. The standard InChI is InChI=1S/C33H39N2O3.CH3/c1-32(2)24-15-20(18-36-5)7-9-26(24)34-13-11-28-22(30(32)34)17-23-29(38-28)12-14-35-27-10-8-21(19-37-6)16-25(27)33(3,4)31(23)35;/h7-10,15-17,28-29H,11-14,18-19H2,1-6H3;1H3/q+1;-1. The summed E-state index contributed by atoms with van der Waals surface area (Å²) < 4.78 is 20.5. The number of fused-ring (bicyclic) bond motifs is 8. The molecule has 2 atom stereocenters. The van der Waals surface area contributed by atoms with Crippen LogP contribution in [0.1, 0.15) is 62.8 Å². The zero-order chi connectivity index (χ0) is 26.4. The van der Waals surface area contributed by atoms with E-state index in [0.29, 0.717) is 13.2 Å². The summed E-state index contributed by atoms with van der Waals surface area (Å²) in [5, 5.41) is 0. The highest BCUT2D eigenvalue weighted by Crippen LogP contribution is 2.54. The molecule has 0 spiro atoms. The summed E-state index contributed by atoms with van der Waals surface area (Å²) in [6.45, 7) is 12.8. The minimum atomic E-state index is -0.0947. The van der Waals surface area contributed by atoms with Gasteiger partial charge in [-0.05, 0) is 55.2 Å². The molecule has 0 fully saturated rings. The quantitative estimate of drug-likeness (QED) is 0.343. The first kappa shape index (κ1) is 26.5. The minimum Gasteiger partial charge on any atom is -0.380 e. The number of methoxy groups -OCH3 is 2. The number of hydrogen-bond donors (Lipinski definition) is 0. The molecular formula is C34H42N2O3. The van der Waals surface area contributed by atoms with Crippen molar-refractivity contribution >= 4 is 17.1 Å². The molecule has 206 valence electrons. The van der Waals surface area contributed by atoms with Gasteiger partial charge < -0.3 is 26.5 Å². The molecule has 5 heteroatoms. The molecule has 0 radical (unpaired) electrons. The van der Waals surface area contributed by atoms with Crippen molar-refractivity contribution in [1.29, 1.82) is 0 Å². The lowest BCUT2D eigenvalue weighted by Crippen LogP contribution is -2.47. The van der Waals surface area contributed by atoms with E-state index in [4.69, 9.17) is 14.2 Å². The maximum atomic E-state index is 6.98.